The molecule has 0 atom stereocenters. The van der Waals surface area contributed by atoms with Gasteiger partial charge in [0.25, 0.3) is 5.91 Å². The summed E-state index contributed by atoms with van der Waals surface area (Å²) in [7, 11) is 0. The summed E-state index contributed by atoms with van der Waals surface area (Å²) in [6.07, 6.45) is 1.81. The number of aromatic nitrogens is 1. The standard InChI is InChI=1S/C13H13BrN2OS/c1-8-4-3-5-10(12(8)14)13(17)16-7-11-15-6-9(2)18-11/h3-6H,7H2,1-2H3,(H,16,17). The minimum absolute atomic E-state index is 0.0848. The monoisotopic (exact) mass is 324 g/mol. The Balaban J connectivity index is 2.06. The molecule has 1 aromatic heterocycles. The molecule has 1 amide bonds. The third-order valence-electron chi connectivity index (χ3n) is 2.51. The van der Waals surface area contributed by atoms with Gasteiger partial charge in [-0.15, -0.1) is 11.3 Å². The van der Waals surface area contributed by atoms with Gasteiger partial charge in [0.05, 0.1) is 12.1 Å². The van der Waals surface area contributed by atoms with Crippen LogP contribution in [0.3, 0.4) is 0 Å². The Hall–Kier alpha value is -1.20. The normalized spacial score (nSPS) is 10.4. The highest BCUT2D eigenvalue weighted by atomic mass is 79.9. The van der Waals surface area contributed by atoms with Gasteiger partial charge in [-0.1, -0.05) is 12.1 Å². The lowest BCUT2D eigenvalue weighted by Gasteiger charge is -2.07. The molecule has 5 heteroatoms. The lowest BCUT2D eigenvalue weighted by molar-refractivity contribution is 0.0950. The van der Waals surface area contributed by atoms with Gasteiger partial charge in [0.15, 0.2) is 0 Å². The average molecular weight is 325 g/mol. The number of carbonyl (C=O) groups is 1. The van der Waals surface area contributed by atoms with E-state index in [9.17, 15) is 4.79 Å². The van der Waals surface area contributed by atoms with Crippen molar-refractivity contribution in [2.75, 3.05) is 0 Å². The summed E-state index contributed by atoms with van der Waals surface area (Å²) in [5.41, 5.74) is 1.70. The maximum atomic E-state index is 12.0. The Bertz CT molecular complexity index is 580. The maximum absolute atomic E-state index is 12.0. The molecule has 0 aliphatic carbocycles. The van der Waals surface area contributed by atoms with Crippen molar-refractivity contribution in [1.82, 2.24) is 10.3 Å². The molecule has 0 unspecified atom stereocenters. The predicted octanol–water partition coefficient (Wildman–Crippen LogP) is 3.45. The van der Waals surface area contributed by atoms with Crippen molar-refractivity contribution in [3.63, 3.8) is 0 Å². The quantitative estimate of drug-likeness (QED) is 0.939. The van der Waals surface area contributed by atoms with Crippen LogP contribution in [0.1, 0.15) is 25.8 Å². The Morgan fingerprint density at radius 1 is 1.44 bits per heavy atom. The van der Waals surface area contributed by atoms with E-state index in [1.807, 2.05) is 32.2 Å². The highest BCUT2D eigenvalue weighted by Gasteiger charge is 2.11. The Labute approximate surface area is 118 Å². The largest absolute Gasteiger partial charge is 0.345 e. The van der Waals surface area contributed by atoms with Crippen molar-refractivity contribution in [1.29, 1.82) is 0 Å². The molecule has 0 saturated carbocycles. The molecule has 0 aliphatic heterocycles. The van der Waals surface area contributed by atoms with E-state index in [1.165, 1.54) is 0 Å². The van der Waals surface area contributed by atoms with Gasteiger partial charge in [-0.3, -0.25) is 4.79 Å². The summed E-state index contributed by atoms with van der Waals surface area (Å²) in [4.78, 5) is 17.4. The van der Waals surface area contributed by atoms with Gasteiger partial charge in [-0.2, -0.15) is 0 Å². The molecule has 1 aromatic carbocycles. The molecule has 1 heterocycles. The highest BCUT2D eigenvalue weighted by Crippen LogP contribution is 2.21. The number of hydrogen-bond donors (Lipinski definition) is 1. The number of halogens is 1. The van der Waals surface area contributed by atoms with Gasteiger partial charge in [-0.25, -0.2) is 4.98 Å². The van der Waals surface area contributed by atoms with Gasteiger partial charge in [0, 0.05) is 15.5 Å². The average Bonchev–Trinajstić information content (AvgIpc) is 2.76. The Morgan fingerprint density at radius 2 is 2.22 bits per heavy atom. The Morgan fingerprint density at radius 3 is 2.89 bits per heavy atom. The molecule has 0 fully saturated rings. The van der Waals surface area contributed by atoms with Crippen molar-refractivity contribution >= 4 is 33.2 Å². The highest BCUT2D eigenvalue weighted by molar-refractivity contribution is 9.10. The van der Waals surface area contributed by atoms with Crippen LogP contribution < -0.4 is 5.32 Å². The Kier molecular flexibility index (Phi) is 4.14. The van der Waals surface area contributed by atoms with Crippen molar-refractivity contribution in [3.8, 4) is 0 Å². The first-order chi connectivity index (χ1) is 8.58. The number of carbonyl (C=O) groups excluding carboxylic acids is 1. The topological polar surface area (TPSA) is 42.0 Å². The second-order valence-electron chi connectivity index (χ2n) is 3.98. The van der Waals surface area contributed by atoms with Crippen molar-refractivity contribution in [2.45, 2.75) is 20.4 Å². The van der Waals surface area contributed by atoms with E-state index < -0.39 is 0 Å². The van der Waals surface area contributed by atoms with Gasteiger partial charge in [0.2, 0.25) is 0 Å². The molecule has 1 N–H and O–H groups in total. The number of hydrogen-bond acceptors (Lipinski definition) is 3. The van der Waals surface area contributed by atoms with Crippen LogP contribution in [0, 0.1) is 13.8 Å². The van der Waals surface area contributed by atoms with E-state index in [1.54, 1.807) is 17.4 Å². The van der Waals surface area contributed by atoms with Crippen LogP contribution in [0.25, 0.3) is 0 Å². The van der Waals surface area contributed by atoms with E-state index >= 15 is 0 Å². The molecule has 0 spiro atoms. The van der Waals surface area contributed by atoms with Crippen molar-refractivity contribution in [2.24, 2.45) is 0 Å². The van der Waals surface area contributed by atoms with Gasteiger partial charge in [-0.05, 0) is 41.4 Å². The van der Waals surface area contributed by atoms with Crippen LogP contribution in [0.2, 0.25) is 0 Å². The molecular weight excluding hydrogens is 312 g/mol. The first-order valence-electron chi connectivity index (χ1n) is 5.52. The number of rotatable bonds is 3. The van der Waals surface area contributed by atoms with E-state index in [0.29, 0.717) is 12.1 Å². The summed E-state index contributed by atoms with van der Waals surface area (Å²) < 4.78 is 0.845. The van der Waals surface area contributed by atoms with Crippen molar-refractivity contribution in [3.05, 3.63) is 49.9 Å². The van der Waals surface area contributed by atoms with Gasteiger partial charge in [0.1, 0.15) is 5.01 Å². The SMILES string of the molecule is Cc1cnc(CNC(=O)c2cccc(C)c2Br)s1. The number of nitrogens with zero attached hydrogens (tertiary/aromatic N) is 1. The zero-order chi connectivity index (χ0) is 13.1. The van der Waals surface area contributed by atoms with E-state index in [4.69, 9.17) is 0 Å². The van der Waals surface area contributed by atoms with E-state index in [0.717, 1.165) is 19.9 Å². The number of amides is 1. The maximum Gasteiger partial charge on any atom is 0.252 e. The zero-order valence-corrected chi connectivity index (χ0v) is 12.6. The summed E-state index contributed by atoms with van der Waals surface area (Å²) in [6.45, 7) is 4.43. The second kappa shape index (κ2) is 5.63. The second-order valence-corrected chi connectivity index (χ2v) is 6.10. The lowest BCUT2D eigenvalue weighted by Crippen LogP contribution is -2.23. The fraction of sp³-hybridized carbons (Fsp3) is 0.231. The fourth-order valence-electron chi connectivity index (χ4n) is 1.56. The number of nitrogens with one attached hydrogen (secondary N) is 1. The summed E-state index contributed by atoms with van der Waals surface area (Å²) in [5.74, 6) is -0.0848. The lowest BCUT2D eigenvalue weighted by atomic mass is 10.1. The van der Waals surface area contributed by atoms with Gasteiger partial charge < -0.3 is 5.32 Å². The third kappa shape index (κ3) is 2.97. The van der Waals surface area contributed by atoms with Crippen LogP contribution in [0.15, 0.2) is 28.9 Å². The van der Waals surface area contributed by atoms with Crippen LogP contribution >= 0.6 is 27.3 Å². The minimum Gasteiger partial charge on any atom is -0.345 e. The molecule has 94 valence electrons. The summed E-state index contributed by atoms with van der Waals surface area (Å²) in [6, 6.07) is 5.65. The molecule has 0 aliphatic rings. The number of benzene rings is 1. The zero-order valence-electron chi connectivity index (χ0n) is 10.2. The summed E-state index contributed by atoms with van der Waals surface area (Å²) in [5, 5.41) is 3.80. The first-order valence-corrected chi connectivity index (χ1v) is 7.13. The van der Waals surface area contributed by atoms with Crippen LogP contribution in [0.5, 0.6) is 0 Å². The fourth-order valence-corrected chi connectivity index (χ4v) is 2.73. The number of thiazole rings is 1. The van der Waals surface area contributed by atoms with Crippen LogP contribution in [-0.4, -0.2) is 10.9 Å². The minimum atomic E-state index is -0.0848. The number of aryl methyl sites for hydroxylation is 2. The summed E-state index contributed by atoms with van der Waals surface area (Å²) >= 11 is 5.03. The molecule has 0 bridgehead atoms. The molecule has 3 nitrogen and oxygen atoms in total. The molecular formula is C13H13BrN2OS. The van der Waals surface area contributed by atoms with Crippen molar-refractivity contribution < 1.29 is 4.79 Å². The molecule has 2 rings (SSSR count). The molecule has 0 saturated heterocycles. The smallest absolute Gasteiger partial charge is 0.252 e. The third-order valence-corrected chi connectivity index (χ3v) is 4.47. The predicted molar refractivity (Wildman–Crippen MR) is 76.9 cm³/mol. The van der Waals surface area contributed by atoms with E-state index in [-0.39, 0.29) is 5.91 Å². The first kappa shape index (κ1) is 13.2. The molecule has 2 aromatic rings. The van der Waals surface area contributed by atoms with E-state index in [2.05, 4.69) is 26.2 Å². The molecule has 18 heavy (non-hydrogen) atoms. The van der Waals surface area contributed by atoms with Crippen LogP contribution in [0.4, 0.5) is 0 Å². The van der Waals surface area contributed by atoms with Gasteiger partial charge >= 0.3 is 0 Å². The molecule has 0 radical (unpaired) electrons. The van der Waals surface area contributed by atoms with Crippen LogP contribution in [-0.2, 0) is 6.54 Å².